The van der Waals surface area contributed by atoms with Gasteiger partial charge in [0.15, 0.2) is 5.13 Å². The van der Waals surface area contributed by atoms with Crippen molar-refractivity contribution in [3.63, 3.8) is 0 Å². The van der Waals surface area contributed by atoms with E-state index in [2.05, 4.69) is 10.3 Å². The van der Waals surface area contributed by atoms with Crippen LogP contribution in [0.2, 0.25) is 0 Å². The average molecular weight is 336 g/mol. The Labute approximate surface area is 136 Å². The third kappa shape index (κ3) is 3.20. The fraction of sp³-hybridized carbons (Fsp3) is 0.400. The van der Waals surface area contributed by atoms with Gasteiger partial charge in [0.2, 0.25) is 5.91 Å². The number of carboxylic acid groups (broad SMARTS) is 1. The molecule has 1 saturated carbocycles. The molecule has 1 amide bonds. The number of nitrogens with zero attached hydrogens (tertiary/aromatic N) is 1. The molecular formula is C15H16N2O3S2. The van der Waals surface area contributed by atoms with Gasteiger partial charge in [0, 0.05) is 5.38 Å². The van der Waals surface area contributed by atoms with E-state index in [9.17, 15) is 14.7 Å². The average Bonchev–Trinajstić information content (AvgIpc) is 3.17. The van der Waals surface area contributed by atoms with Crippen LogP contribution < -0.4 is 5.32 Å². The molecular weight excluding hydrogens is 320 g/mol. The predicted octanol–water partition coefficient (Wildman–Crippen LogP) is 3.70. The van der Waals surface area contributed by atoms with Gasteiger partial charge < -0.3 is 10.4 Å². The van der Waals surface area contributed by atoms with Crippen LogP contribution in [0.4, 0.5) is 5.13 Å². The molecule has 1 aliphatic rings. The molecule has 2 heterocycles. The molecule has 116 valence electrons. The smallest absolute Gasteiger partial charge is 0.307 e. The summed E-state index contributed by atoms with van der Waals surface area (Å²) >= 11 is 2.96. The van der Waals surface area contributed by atoms with Crippen molar-refractivity contribution in [3.8, 4) is 10.6 Å². The Bertz CT molecular complexity index is 666. The Hall–Kier alpha value is -1.73. The summed E-state index contributed by atoms with van der Waals surface area (Å²) in [5, 5.41) is 16.5. The Balaban J connectivity index is 1.70. The van der Waals surface area contributed by atoms with Gasteiger partial charge in [-0.3, -0.25) is 9.59 Å². The molecule has 0 bridgehead atoms. The van der Waals surface area contributed by atoms with E-state index in [1.54, 1.807) is 11.3 Å². The number of carbonyl (C=O) groups excluding carboxylic acids is 1. The monoisotopic (exact) mass is 336 g/mol. The third-order valence-electron chi connectivity index (χ3n) is 3.93. The lowest BCUT2D eigenvalue weighted by Crippen LogP contribution is -2.36. The molecule has 0 spiro atoms. The predicted molar refractivity (Wildman–Crippen MR) is 87.1 cm³/mol. The Morgan fingerprint density at radius 3 is 2.68 bits per heavy atom. The van der Waals surface area contributed by atoms with E-state index in [4.69, 9.17) is 0 Å². The van der Waals surface area contributed by atoms with Crippen molar-refractivity contribution in [1.82, 2.24) is 4.98 Å². The van der Waals surface area contributed by atoms with Crippen LogP contribution in [0.25, 0.3) is 10.6 Å². The maximum Gasteiger partial charge on any atom is 0.307 e. The summed E-state index contributed by atoms with van der Waals surface area (Å²) in [5.41, 5.74) is 0.841. The molecule has 0 aromatic carbocycles. The minimum absolute atomic E-state index is 0.223. The lowest BCUT2D eigenvalue weighted by atomic mass is 9.79. The SMILES string of the molecule is O=C(O)[C@H]1CCCC[C@H]1C(=O)Nc1nc(-c2cccs2)cs1. The van der Waals surface area contributed by atoms with Crippen LogP contribution in [-0.4, -0.2) is 22.0 Å². The van der Waals surface area contributed by atoms with Crippen LogP contribution in [-0.2, 0) is 9.59 Å². The second-order valence-corrected chi connectivity index (χ2v) is 7.15. The van der Waals surface area contributed by atoms with Crippen LogP contribution in [0.1, 0.15) is 25.7 Å². The number of hydrogen-bond acceptors (Lipinski definition) is 5. The van der Waals surface area contributed by atoms with Gasteiger partial charge in [-0.2, -0.15) is 0 Å². The van der Waals surface area contributed by atoms with Crippen molar-refractivity contribution in [3.05, 3.63) is 22.9 Å². The number of thiazole rings is 1. The van der Waals surface area contributed by atoms with Crippen molar-refractivity contribution in [2.75, 3.05) is 5.32 Å². The largest absolute Gasteiger partial charge is 0.481 e. The van der Waals surface area contributed by atoms with Crippen molar-refractivity contribution in [2.45, 2.75) is 25.7 Å². The third-order valence-corrected chi connectivity index (χ3v) is 5.58. The zero-order valence-corrected chi connectivity index (χ0v) is 13.5. The van der Waals surface area contributed by atoms with Crippen molar-refractivity contribution in [1.29, 1.82) is 0 Å². The highest BCUT2D eigenvalue weighted by Gasteiger charge is 2.35. The number of thiophene rings is 1. The van der Waals surface area contributed by atoms with Crippen LogP contribution in [0.5, 0.6) is 0 Å². The number of hydrogen-bond donors (Lipinski definition) is 2. The highest BCUT2D eigenvalue weighted by Crippen LogP contribution is 2.33. The van der Waals surface area contributed by atoms with E-state index in [0.717, 1.165) is 23.4 Å². The first-order valence-corrected chi connectivity index (χ1v) is 8.94. The number of amides is 1. The number of carbonyl (C=O) groups is 2. The van der Waals surface area contributed by atoms with Gasteiger partial charge in [-0.25, -0.2) is 4.98 Å². The zero-order valence-electron chi connectivity index (χ0n) is 11.8. The second-order valence-electron chi connectivity index (χ2n) is 5.34. The molecule has 2 atom stereocenters. The molecule has 1 aliphatic carbocycles. The summed E-state index contributed by atoms with van der Waals surface area (Å²) in [5.74, 6) is -2.14. The summed E-state index contributed by atoms with van der Waals surface area (Å²) in [7, 11) is 0. The molecule has 0 unspecified atom stereocenters. The normalized spacial score (nSPS) is 21.5. The molecule has 2 aromatic heterocycles. The van der Waals surface area contributed by atoms with Gasteiger partial charge in [-0.15, -0.1) is 22.7 Å². The van der Waals surface area contributed by atoms with Crippen molar-refractivity contribution < 1.29 is 14.7 Å². The van der Waals surface area contributed by atoms with Gasteiger partial charge in [0.25, 0.3) is 0 Å². The topological polar surface area (TPSA) is 79.3 Å². The van der Waals surface area contributed by atoms with Gasteiger partial charge >= 0.3 is 5.97 Å². The number of nitrogens with one attached hydrogen (secondary N) is 1. The Morgan fingerprint density at radius 1 is 1.23 bits per heavy atom. The molecule has 2 aromatic rings. The van der Waals surface area contributed by atoms with E-state index in [1.807, 2.05) is 22.9 Å². The summed E-state index contributed by atoms with van der Waals surface area (Å²) in [6.07, 6.45) is 2.98. The van der Waals surface area contributed by atoms with E-state index >= 15 is 0 Å². The first-order chi connectivity index (χ1) is 10.6. The minimum atomic E-state index is -0.877. The lowest BCUT2D eigenvalue weighted by Gasteiger charge is -2.26. The number of anilines is 1. The van der Waals surface area contributed by atoms with Crippen molar-refractivity contribution in [2.24, 2.45) is 11.8 Å². The van der Waals surface area contributed by atoms with Gasteiger partial charge in [-0.05, 0) is 24.3 Å². The highest BCUT2D eigenvalue weighted by atomic mass is 32.1. The molecule has 3 rings (SSSR count). The second kappa shape index (κ2) is 6.58. The fourth-order valence-corrected chi connectivity index (χ4v) is 4.28. The maximum atomic E-state index is 12.4. The Morgan fingerprint density at radius 2 is 2.00 bits per heavy atom. The summed E-state index contributed by atoms with van der Waals surface area (Å²) in [4.78, 5) is 29.1. The van der Waals surface area contributed by atoms with Crippen LogP contribution in [0.15, 0.2) is 22.9 Å². The van der Waals surface area contributed by atoms with Crippen LogP contribution >= 0.6 is 22.7 Å². The standard InChI is InChI=1S/C15H16N2O3S2/c18-13(9-4-1-2-5-10(9)14(19)20)17-15-16-11(8-22-15)12-6-3-7-21-12/h3,6-10H,1-2,4-5H2,(H,19,20)(H,16,17,18)/t9-,10+/m1/s1. The van der Waals surface area contributed by atoms with Crippen molar-refractivity contribution >= 4 is 39.7 Å². The first kappa shape index (κ1) is 15.2. The van der Waals surface area contributed by atoms with Crippen LogP contribution in [0, 0.1) is 11.8 Å². The zero-order chi connectivity index (χ0) is 15.5. The number of rotatable bonds is 4. The number of aromatic nitrogens is 1. The summed E-state index contributed by atoms with van der Waals surface area (Å²) in [6.45, 7) is 0. The Kier molecular flexibility index (Phi) is 4.54. The molecule has 0 aliphatic heterocycles. The maximum absolute atomic E-state index is 12.4. The van der Waals surface area contributed by atoms with E-state index in [1.165, 1.54) is 11.3 Å². The minimum Gasteiger partial charge on any atom is -0.481 e. The molecule has 5 nitrogen and oxygen atoms in total. The van der Waals surface area contributed by atoms with Gasteiger partial charge in [-0.1, -0.05) is 18.9 Å². The molecule has 0 saturated heterocycles. The molecule has 1 fully saturated rings. The highest BCUT2D eigenvalue weighted by molar-refractivity contribution is 7.16. The van der Waals surface area contributed by atoms with E-state index in [-0.39, 0.29) is 5.91 Å². The van der Waals surface area contributed by atoms with Gasteiger partial charge in [0.05, 0.1) is 22.4 Å². The first-order valence-electron chi connectivity index (χ1n) is 7.18. The fourth-order valence-electron chi connectivity index (χ4n) is 2.81. The van der Waals surface area contributed by atoms with E-state index in [0.29, 0.717) is 18.0 Å². The van der Waals surface area contributed by atoms with E-state index < -0.39 is 17.8 Å². The lowest BCUT2D eigenvalue weighted by molar-refractivity contribution is -0.147. The molecule has 2 N–H and O–H groups in total. The quantitative estimate of drug-likeness (QED) is 0.892. The van der Waals surface area contributed by atoms with Gasteiger partial charge in [0.1, 0.15) is 0 Å². The summed E-state index contributed by atoms with van der Waals surface area (Å²) in [6, 6.07) is 3.93. The van der Waals surface area contributed by atoms with Crippen LogP contribution in [0.3, 0.4) is 0 Å². The molecule has 7 heteroatoms. The molecule has 22 heavy (non-hydrogen) atoms. The molecule has 0 radical (unpaired) electrons. The number of carboxylic acids is 1. The summed E-state index contributed by atoms with van der Waals surface area (Å²) < 4.78 is 0. The number of aliphatic carboxylic acids is 1.